The van der Waals surface area contributed by atoms with E-state index in [9.17, 15) is 0 Å². The van der Waals surface area contributed by atoms with Crippen molar-refractivity contribution in [1.29, 1.82) is 0 Å². The van der Waals surface area contributed by atoms with E-state index in [0.717, 1.165) is 19.3 Å². The molecule has 0 atom stereocenters. The number of rotatable bonds is 5. The summed E-state index contributed by atoms with van der Waals surface area (Å²) in [6, 6.07) is 0. The zero-order valence-corrected chi connectivity index (χ0v) is 10.5. The highest BCUT2D eigenvalue weighted by Crippen LogP contribution is 2.28. The highest BCUT2D eigenvalue weighted by atomic mass is 28.4. The highest BCUT2D eigenvalue weighted by molar-refractivity contribution is 6.69. The molecule has 12 heavy (non-hydrogen) atoms. The Bertz CT molecular complexity index is 114. The molecule has 0 spiro atoms. The Morgan fingerprint density at radius 1 is 0.917 bits per heavy atom. The lowest BCUT2D eigenvalue weighted by Gasteiger charge is -2.37. The van der Waals surface area contributed by atoms with Crippen LogP contribution in [0.15, 0.2) is 0 Å². The molecule has 0 aliphatic carbocycles. The van der Waals surface area contributed by atoms with Crippen LogP contribution in [0.1, 0.15) is 40.0 Å². The van der Waals surface area contributed by atoms with Crippen LogP contribution in [0, 0.1) is 0 Å². The minimum atomic E-state index is -1.36. The molecular formula is C10H24OSi. The number of hydrogen-bond acceptors (Lipinski definition) is 1. The second kappa shape index (κ2) is 4.42. The quantitative estimate of drug-likeness (QED) is 0.596. The third-order valence-corrected chi connectivity index (χ3v) is 3.50. The van der Waals surface area contributed by atoms with Gasteiger partial charge >= 0.3 is 0 Å². The molecule has 0 aromatic carbocycles. The molecule has 0 heterocycles. The Hall–Kier alpha value is 0.177. The Labute approximate surface area is 78.6 Å². The van der Waals surface area contributed by atoms with E-state index in [1.54, 1.807) is 0 Å². The first-order chi connectivity index (χ1) is 5.39. The molecule has 0 N–H and O–H groups in total. The molecule has 0 bridgehead atoms. The van der Waals surface area contributed by atoms with Gasteiger partial charge in [0.05, 0.1) is 5.60 Å². The Balaban J connectivity index is 4.30. The van der Waals surface area contributed by atoms with Crippen molar-refractivity contribution in [3.8, 4) is 0 Å². The van der Waals surface area contributed by atoms with Crippen molar-refractivity contribution >= 4 is 8.32 Å². The summed E-state index contributed by atoms with van der Waals surface area (Å²) >= 11 is 0. The van der Waals surface area contributed by atoms with Crippen molar-refractivity contribution in [2.75, 3.05) is 0 Å². The Kier molecular flexibility index (Phi) is 4.49. The van der Waals surface area contributed by atoms with E-state index in [1.807, 2.05) is 0 Å². The van der Waals surface area contributed by atoms with Gasteiger partial charge in [0.1, 0.15) is 0 Å². The van der Waals surface area contributed by atoms with Gasteiger partial charge in [0.25, 0.3) is 0 Å². The van der Waals surface area contributed by atoms with Gasteiger partial charge in [0.2, 0.25) is 0 Å². The fraction of sp³-hybridized carbons (Fsp3) is 1.00. The SMILES string of the molecule is CCC(CC)(CC)O[Si](C)(C)C. The van der Waals surface area contributed by atoms with E-state index in [-0.39, 0.29) is 5.60 Å². The molecule has 0 saturated carbocycles. The summed E-state index contributed by atoms with van der Waals surface area (Å²) in [5, 5.41) is 0. The smallest absolute Gasteiger partial charge is 0.184 e. The molecular weight excluding hydrogens is 164 g/mol. The molecule has 0 fully saturated rings. The zero-order chi connectivity index (χ0) is 9.83. The summed E-state index contributed by atoms with van der Waals surface area (Å²) in [7, 11) is -1.36. The monoisotopic (exact) mass is 188 g/mol. The van der Waals surface area contributed by atoms with Crippen molar-refractivity contribution < 1.29 is 4.43 Å². The standard InChI is InChI=1S/C10H24OSi/c1-7-10(8-2,9-3)11-12(4,5)6/h7-9H2,1-6H3. The molecule has 0 aliphatic rings. The largest absolute Gasteiger partial charge is 0.412 e. The molecule has 0 radical (unpaired) electrons. The molecule has 0 aromatic rings. The first-order valence-corrected chi connectivity index (χ1v) is 8.50. The summed E-state index contributed by atoms with van der Waals surface area (Å²) < 4.78 is 6.21. The number of hydrogen-bond donors (Lipinski definition) is 0. The van der Waals surface area contributed by atoms with Gasteiger partial charge in [0, 0.05) is 0 Å². The van der Waals surface area contributed by atoms with Crippen molar-refractivity contribution in [3.05, 3.63) is 0 Å². The van der Waals surface area contributed by atoms with E-state index in [4.69, 9.17) is 4.43 Å². The van der Waals surface area contributed by atoms with Gasteiger partial charge in [-0.05, 0) is 38.9 Å². The molecule has 2 heteroatoms. The van der Waals surface area contributed by atoms with Gasteiger partial charge in [-0.3, -0.25) is 0 Å². The maximum atomic E-state index is 6.21. The van der Waals surface area contributed by atoms with Crippen LogP contribution in [0.2, 0.25) is 19.6 Å². The topological polar surface area (TPSA) is 9.23 Å². The van der Waals surface area contributed by atoms with Crippen molar-refractivity contribution in [2.24, 2.45) is 0 Å². The van der Waals surface area contributed by atoms with E-state index in [0.29, 0.717) is 0 Å². The maximum absolute atomic E-state index is 6.21. The average molecular weight is 188 g/mol. The van der Waals surface area contributed by atoms with Crippen molar-refractivity contribution in [2.45, 2.75) is 65.3 Å². The average Bonchev–Trinajstić information content (AvgIpc) is 1.99. The molecule has 1 nitrogen and oxygen atoms in total. The minimum absolute atomic E-state index is 0.171. The van der Waals surface area contributed by atoms with Gasteiger partial charge in [0.15, 0.2) is 8.32 Å². The van der Waals surface area contributed by atoms with E-state index in [1.165, 1.54) is 0 Å². The fourth-order valence-electron chi connectivity index (χ4n) is 1.62. The van der Waals surface area contributed by atoms with Gasteiger partial charge in [-0.1, -0.05) is 20.8 Å². The lowest BCUT2D eigenvalue weighted by molar-refractivity contribution is 0.0481. The summed E-state index contributed by atoms with van der Waals surface area (Å²) in [5.74, 6) is 0. The molecule has 74 valence electrons. The second-order valence-corrected chi connectivity index (χ2v) is 8.89. The predicted molar refractivity (Wildman–Crippen MR) is 58.0 cm³/mol. The van der Waals surface area contributed by atoms with Crippen LogP contribution in [0.3, 0.4) is 0 Å². The molecule has 0 rings (SSSR count). The van der Waals surface area contributed by atoms with Gasteiger partial charge in [-0.2, -0.15) is 0 Å². The van der Waals surface area contributed by atoms with Crippen LogP contribution < -0.4 is 0 Å². The van der Waals surface area contributed by atoms with E-state index < -0.39 is 8.32 Å². The van der Waals surface area contributed by atoms with E-state index >= 15 is 0 Å². The van der Waals surface area contributed by atoms with Gasteiger partial charge in [-0.15, -0.1) is 0 Å². The van der Waals surface area contributed by atoms with Crippen LogP contribution in [0.4, 0.5) is 0 Å². The molecule has 0 saturated heterocycles. The lowest BCUT2D eigenvalue weighted by atomic mass is 9.95. The summed E-state index contributed by atoms with van der Waals surface area (Å²) in [5.41, 5.74) is 0.171. The van der Waals surface area contributed by atoms with Gasteiger partial charge in [-0.25, -0.2) is 0 Å². The first kappa shape index (κ1) is 12.2. The molecule has 0 amide bonds. The molecule has 0 unspecified atom stereocenters. The first-order valence-electron chi connectivity index (χ1n) is 5.09. The molecule has 0 aromatic heterocycles. The predicted octanol–water partition coefficient (Wildman–Crippen LogP) is 3.81. The highest BCUT2D eigenvalue weighted by Gasteiger charge is 2.30. The summed E-state index contributed by atoms with van der Waals surface area (Å²) in [6.07, 6.45) is 3.43. The maximum Gasteiger partial charge on any atom is 0.184 e. The fourth-order valence-corrected chi connectivity index (χ4v) is 3.35. The summed E-state index contributed by atoms with van der Waals surface area (Å²) in [6.45, 7) is 13.5. The third kappa shape index (κ3) is 3.72. The van der Waals surface area contributed by atoms with Crippen LogP contribution >= 0.6 is 0 Å². The van der Waals surface area contributed by atoms with Crippen LogP contribution in [0.5, 0.6) is 0 Å². The normalized spacial score (nSPS) is 13.5. The van der Waals surface area contributed by atoms with Crippen molar-refractivity contribution in [3.63, 3.8) is 0 Å². The van der Waals surface area contributed by atoms with Crippen LogP contribution in [-0.4, -0.2) is 13.9 Å². The van der Waals surface area contributed by atoms with Crippen molar-refractivity contribution in [1.82, 2.24) is 0 Å². The van der Waals surface area contributed by atoms with Crippen LogP contribution in [0.25, 0.3) is 0 Å². The third-order valence-electron chi connectivity index (χ3n) is 2.46. The second-order valence-electron chi connectivity index (χ2n) is 4.46. The van der Waals surface area contributed by atoms with Gasteiger partial charge < -0.3 is 4.43 Å². The van der Waals surface area contributed by atoms with E-state index in [2.05, 4.69) is 40.4 Å². The Morgan fingerprint density at radius 3 is 1.33 bits per heavy atom. The minimum Gasteiger partial charge on any atom is -0.412 e. The zero-order valence-electron chi connectivity index (χ0n) is 9.53. The Morgan fingerprint density at radius 2 is 1.25 bits per heavy atom. The molecule has 0 aliphatic heterocycles. The lowest BCUT2D eigenvalue weighted by Crippen LogP contribution is -2.41. The summed E-state index contributed by atoms with van der Waals surface area (Å²) in [4.78, 5) is 0. The van der Waals surface area contributed by atoms with Crippen LogP contribution in [-0.2, 0) is 4.43 Å².